The van der Waals surface area contributed by atoms with E-state index >= 15 is 0 Å². The van der Waals surface area contributed by atoms with Crippen LogP contribution in [0.15, 0.2) is 54.6 Å². The molecule has 3 aromatic rings. The summed E-state index contributed by atoms with van der Waals surface area (Å²) in [4.78, 5) is 45.7. The minimum absolute atomic E-state index is 0.0343. The highest BCUT2D eigenvalue weighted by atomic mass is 32.1. The molecule has 2 aromatic carbocycles. The zero-order chi connectivity index (χ0) is 31.9. The lowest BCUT2D eigenvalue weighted by molar-refractivity contribution is -0.140. The van der Waals surface area contributed by atoms with E-state index in [-0.39, 0.29) is 23.8 Å². The maximum atomic E-state index is 14.1. The van der Waals surface area contributed by atoms with Gasteiger partial charge in [-0.1, -0.05) is 55.3 Å². The number of fused-ring (bicyclic) bond motifs is 1. The molecule has 3 fully saturated rings. The van der Waals surface area contributed by atoms with Gasteiger partial charge in [-0.2, -0.15) is 0 Å². The smallest absolute Gasteiger partial charge is 0.262 e. The lowest BCUT2D eigenvalue weighted by atomic mass is 9.94. The standard InChI is InChI=1S/C37H48N4O4S/c1-27-11-12-30-26-33(46-32(30)24-27)34(42)39-37(15-5-6-16-37)36(44)38-31(25-28-8-3-2-4-9-28)10-7-17-40-18-20-41(21-19-40)35(43)29-13-22-45-23-14-29/h2-4,8-9,11-12,24,26,29,31H,5-7,10,13-23,25H2,1H3,(H,38,44)(H,39,42)/t31-/m0/s1. The number of hydrogen-bond donors (Lipinski definition) is 2. The summed E-state index contributed by atoms with van der Waals surface area (Å²) >= 11 is 1.49. The summed E-state index contributed by atoms with van der Waals surface area (Å²) in [5.41, 5.74) is 1.48. The molecule has 3 amide bonds. The normalized spacial score (nSPS) is 19.6. The average Bonchev–Trinajstić information content (AvgIpc) is 3.73. The van der Waals surface area contributed by atoms with Crippen molar-refractivity contribution >= 4 is 39.1 Å². The number of nitrogens with one attached hydrogen (secondary N) is 2. The Balaban J connectivity index is 1.06. The highest BCUT2D eigenvalue weighted by molar-refractivity contribution is 7.20. The molecule has 1 aromatic heterocycles. The number of nitrogens with zero attached hydrogens (tertiary/aromatic N) is 2. The molecule has 246 valence electrons. The Morgan fingerprint density at radius 1 is 0.978 bits per heavy atom. The van der Waals surface area contributed by atoms with Gasteiger partial charge in [0.1, 0.15) is 5.54 Å². The topological polar surface area (TPSA) is 91.0 Å². The van der Waals surface area contributed by atoms with E-state index in [2.05, 4.69) is 52.8 Å². The van der Waals surface area contributed by atoms with Crippen LogP contribution in [-0.4, -0.2) is 85.0 Å². The van der Waals surface area contributed by atoms with Crippen LogP contribution in [0.5, 0.6) is 0 Å². The molecule has 8 nitrogen and oxygen atoms in total. The molecule has 6 rings (SSSR count). The summed E-state index contributed by atoms with van der Waals surface area (Å²) in [7, 11) is 0. The number of aryl methyl sites for hydroxylation is 1. The van der Waals surface area contributed by atoms with E-state index in [0.717, 1.165) is 87.8 Å². The van der Waals surface area contributed by atoms with Gasteiger partial charge in [0.15, 0.2) is 0 Å². The number of hydrogen-bond acceptors (Lipinski definition) is 6. The Morgan fingerprint density at radius 2 is 1.72 bits per heavy atom. The average molecular weight is 645 g/mol. The fraction of sp³-hybridized carbons (Fsp3) is 0.541. The number of thiophene rings is 1. The Bertz CT molecular complexity index is 1490. The van der Waals surface area contributed by atoms with Crippen LogP contribution in [0.2, 0.25) is 0 Å². The first-order valence-electron chi connectivity index (χ1n) is 17.1. The summed E-state index contributed by atoms with van der Waals surface area (Å²) in [6, 6.07) is 18.5. The van der Waals surface area contributed by atoms with Crippen LogP contribution in [-0.2, 0) is 20.7 Å². The lowest BCUT2D eigenvalue weighted by Crippen LogP contribution is -2.59. The van der Waals surface area contributed by atoms with Gasteiger partial charge in [0.05, 0.1) is 4.88 Å². The van der Waals surface area contributed by atoms with Crippen molar-refractivity contribution in [3.8, 4) is 0 Å². The second-order valence-electron chi connectivity index (χ2n) is 13.5. The molecule has 46 heavy (non-hydrogen) atoms. The second kappa shape index (κ2) is 15.1. The zero-order valence-electron chi connectivity index (χ0n) is 27.1. The predicted molar refractivity (Wildman–Crippen MR) is 183 cm³/mol. The highest BCUT2D eigenvalue weighted by Gasteiger charge is 2.43. The molecule has 0 radical (unpaired) electrons. The van der Waals surface area contributed by atoms with Gasteiger partial charge < -0.3 is 20.3 Å². The van der Waals surface area contributed by atoms with E-state index in [9.17, 15) is 14.4 Å². The molecule has 1 aliphatic carbocycles. The third-order valence-corrected chi connectivity index (χ3v) is 11.2. The first-order valence-corrected chi connectivity index (χ1v) is 18.0. The number of piperazine rings is 1. The molecule has 2 aliphatic heterocycles. The largest absolute Gasteiger partial charge is 0.381 e. The van der Waals surface area contributed by atoms with Gasteiger partial charge in [-0.3, -0.25) is 19.3 Å². The third-order valence-electron chi connectivity index (χ3n) is 10.1. The fourth-order valence-electron chi connectivity index (χ4n) is 7.32. The van der Waals surface area contributed by atoms with Crippen molar-refractivity contribution < 1.29 is 19.1 Å². The lowest BCUT2D eigenvalue weighted by Gasteiger charge is -2.37. The van der Waals surface area contributed by atoms with E-state index in [4.69, 9.17) is 4.74 Å². The Kier molecular flexibility index (Phi) is 10.7. The number of ether oxygens (including phenoxy) is 1. The van der Waals surface area contributed by atoms with E-state index in [0.29, 0.717) is 36.8 Å². The van der Waals surface area contributed by atoms with E-state index in [1.807, 2.05) is 29.2 Å². The van der Waals surface area contributed by atoms with Gasteiger partial charge in [0, 0.05) is 56.1 Å². The number of benzene rings is 2. The van der Waals surface area contributed by atoms with Crippen molar-refractivity contribution in [3.05, 3.63) is 70.6 Å². The summed E-state index contributed by atoms with van der Waals surface area (Å²) in [5.74, 6) is 0.190. The number of rotatable bonds is 11. The Labute approximate surface area is 276 Å². The Morgan fingerprint density at radius 3 is 2.46 bits per heavy atom. The monoisotopic (exact) mass is 644 g/mol. The molecule has 3 aliphatic rings. The number of carbonyl (C=O) groups excluding carboxylic acids is 3. The van der Waals surface area contributed by atoms with Crippen LogP contribution in [0.1, 0.15) is 72.2 Å². The van der Waals surface area contributed by atoms with Crippen LogP contribution in [0.4, 0.5) is 0 Å². The molecular formula is C37H48N4O4S. The molecule has 2 saturated heterocycles. The van der Waals surface area contributed by atoms with Gasteiger partial charge in [-0.05, 0) is 87.1 Å². The Hall–Kier alpha value is -3.27. The minimum Gasteiger partial charge on any atom is -0.381 e. The molecule has 9 heteroatoms. The van der Waals surface area contributed by atoms with Gasteiger partial charge >= 0.3 is 0 Å². The first kappa shape index (κ1) is 32.7. The van der Waals surface area contributed by atoms with E-state index in [1.54, 1.807) is 0 Å². The fourth-order valence-corrected chi connectivity index (χ4v) is 8.38. The molecule has 3 heterocycles. The van der Waals surface area contributed by atoms with Crippen LogP contribution in [0.3, 0.4) is 0 Å². The van der Waals surface area contributed by atoms with Gasteiger partial charge in [0.25, 0.3) is 5.91 Å². The van der Waals surface area contributed by atoms with Crippen molar-refractivity contribution in [3.63, 3.8) is 0 Å². The predicted octanol–water partition coefficient (Wildman–Crippen LogP) is 5.33. The molecule has 1 atom stereocenters. The molecule has 0 spiro atoms. The second-order valence-corrected chi connectivity index (χ2v) is 14.5. The third kappa shape index (κ3) is 7.99. The molecule has 1 saturated carbocycles. The van der Waals surface area contributed by atoms with Gasteiger partial charge in [-0.15, -0.1) is 11.3 Å². The van der Waals surface area contributed by atoms with E-state index in [1.165, 1.54) is 22.5 Å². The van der Waals surface area contributed by atoms with Gasteiger partial charge in [0.2, 0.25) is 11.8 Å². The zero-order valence-corrected chi connectivity index (χ0v) is 27.9. The quantitative estimate of drug-likeness (QED) is 0.295. The van der Waals surface area contributed by atoms with Crippen molar-refractivity contribution in [1.29, 1.82) is 0 Å². The van der Waals surface area contributed by atoms with Crippen LogP contribution in [0.25, 0.3) is 10.1 Å². The van der Waals surface area contributed by atoms with Crippen molar-refractivity contribution in [1.82, 2.24) is 20.4 Å². The summed E-state index contributed by atoms with van der Waals surface area (Å²) in [6.45, 7) is 7.71. The number of carbonyl (C=O) groups is 3. The number of amides is 3. The van der Waals surface area contributed by atoms with Crippen molar-refractivity contribution in [2.24, 2.45) is 5.92 Å². The minimum atomic E-state index is -0.883. The SMILES string of the molecule is Cc1ccc2cc(C(=O)NC3(C(=O)N[C@@H](CCCN4CCN(C(=O)C5CCOCC5)CC4)Cc4ccccc4)CCCC3)sc2c1. The molecule has 0 unspecified atom stereocenters. The van der Waals surface area contributed by atoms with Crippen LogP contribution in [0, 0.1) is 12.8 Å². The first-order chi connectivity index (χ1) is 22.4. The summed E-state index contributed by atoms with van der Waals surface area (Å²) < 4.78 is 6.53. The van der Waals surface area contributed by atoms with E-state index < -0.39 is 5.54 Å². The summed E-state index contributed by atoms with van der Waals surface area (Å²) in [6.07, 6.45) is 7.38. The maximum Gasteiger partial charge on any atom is 0.262 e. The van der Waals surface area contributed by atoms with Crippen molar-refractivity contribution in [2.45, 2.75) is 76.3 Å². The maximum absolute atomic E-state index is 14.1. The molecule has 0 bridgehead atoms. The molecule has 2 N–H and O–H groups in total. The van der Waals surface area contributed by atoms with Crippen LogP contribution >= 0.6 is 11.3 Å². The van der Waals surface area contributed by atoms with Gasteiger partial charge in [-0.25, -0.2) is 0 Å². The van der Waals surface area contributed by atoms with Crippen molar-refractivity contribution in [2.75, 3.05) is 45.9 Å². The highest BCUT2D eigenvalue weighted by Crippen LogP contribution is 2.33. The molecular weight excluding hydrogens is 596 g/mol. The summed E-state index contributed by atoms with van der Waals surface area (Å²) in [5, 5.41) is 7.67. The van der Waals surface area contributed by atoms with Crippen LogP contribution < -0.4 is 10.6 Å².